The molecule has 0 saturated heterocycles. The Labute approximate surface area is 125 Å². The minimum Gasteiger partial charge on any atom is -0.384 e. The highest BCUT2D eigenvalue weighted by Crippen LogP contribution is 2.25. The van der Waals surface area contributed by atoms with Gasteiger partial charge in [-0.15, -0.1) is 0 Å². The lowest BCUT2D eigenvalue weighted by atomic mass is 9.93. The van der Waals surface area contributed by atoms with E-state index in [-0.39, 0.29) is 11.8 Å². The van der Waals surface area contributed by atoms with Gasteiger partial charge in [-0.3, -0.25) is 4.79 Å². The summed E-state index contributed by atoms with van der Waals surface area (Å²) in [5, 5.41) is 6.40. The number of amides is 1. The molecule has 2 aromatic carbocycles. The Kier molecular flexibility index (Phi) is 3.65. The molecule has 1 amide bonds. The summed E-state index contributed by atoms with van der Waals surface area (Å²) in [4.78, 5) is 12.5. The third-order valence-electron chi connectivity index (χ3n) is 4.03. The molecule has 3 nitrogen and oxygen atoms in total. The summed E-state index contributed by atoms with van der Waals surface area (Å²) in [5.41, 5.74) is 5.58. The highest BCUT2D eigenvalue weighted by molar-refractivity contribution is 5.94. The van der Waals surface area contributed by atoms with E-state index in [9.17, 15) is 4.79 Å². The van der Waals surface area contributed by atoms with E-state index in [1.807, 2.05) is 31.2 Å². The summed E-state index contributed by atoms with van der Waals surface area (Å²) in [6.45, 7) is 4.77. The van der Waals surface area contributed by atoms with E-state index in [2.05, 4.69) is 35.8 Å². The third kappa shape index (κ3) is 2.92. The van der Waals surface area contributed by atoms with Gasteiger partial charge in [0.25, 0.3) is 0 Å². The van der Waals surface area contributed by atoms with Gasteiger partial charge in [-0.05, 0) is 43.5 Å². The van der Waals surface area contributed by atoms with E-state index in [0.29, 0.717) is 6.54 Å². The van der Waals surface area contributed by atoms with Gasteiger partial charge in [-0.25, -0.2) is 0 Å². The van der Waals surface area contributed by atoms with Crippen molar-refractivity contribution < 1.29 is 4.79 Å². The van der Waals surface area contributed by atoms with Crippen molar-refractivity contribution in [2.75, 3.05) is 17.2 Å². The number of nitrogens with one attached hydrogen (secondary N) is 2. The quantitative estimate of drug-likeness (QED) is 0.883. The predicted molar refractivity (Wildman–Crippen MR) is 86.7 cm³/mol. The average molecular weight is 280 g/mol. The van der Waals surface area contributed by atoms with Gasteiger partial charge in [0, 0.05) is 17.9 Å². The molecule has 2 aromatic rings. The first kappa shape index (κ1) is 13.7. The number of carbonyl (C=O) groups is 1. The first-order valence-electron chi connectivity index (χ1n) is 7.33. The molecule has 3 rings (SSSR count). The summed E-state index contributed by atoms with van der Waals surface area (Å²) in [5.74, 6) is 0.0598. The molecule has 21 heavy (non-hydrogen) atoms. The SMILES string of the molecule is Cc1ccc(NC(=O)C2CNc3ccccc3C2)c(C)c1. The molecule has 0 radical (unpaired) electrons. The van der Waals surface area contributed by atoms with E-state index in [0.717, 1.165) is 23.4 Å². The maximum atomic E-state index is 12.5. The lowest BCUT2D eigenvalue weighted by Crippen LogP contribution is -2.33. The molecule has 1 unspecified atom stereocenters. The molecule has 0 bridgehead atoms. The molecule has 1 atom stereocenters. The zero-order valence-corrected chi connectivity index (χ0v) is 12.4. The molecule has 0 aromatic heterocycles. The fourth-order valence-electron chi connectivity index (χ4n) is 2.82. The van der Waals surface area contributed by atoms with Gasteiger partial charge >= 0.3 is 0 Å². The number of fused-ring (bicyclic) bond motifs is 1. The van der Waals surface area contributed by atoms with E-state index >= 15 is 0 Å². The van der Waals surface area contributed by atoms with Crippen molar-refractivity contribution in [2.45, 2.75) is 20.3 Å². The number of rotatable bonds is 2. The average Bonchev–Trinajstić information content (AvgIpc) is 2.49. The highest BCUT2D eigenvalue weighted by Gasteiger charge is 2.24. The minimum absolute atomic E-state index is 0.0272. The first-order valence-corrected chi connectivity index (χ1v) is 7.33. The molecular weight excluding hydrogens is 260 g/mol. The van der Waals surface area contributed by atoms with Crippen molar-refractivity contribution in [3.63, 3.8) is 0 Å². The summed E-state index contributed by atoms with van der Waals surface area (Å²) in [6, 6.07) is 14.3. The Bertz CT molecular complexity index is 679. The molecule has 0 saturated carbocycles. The normalized spacial score (nSPS) is 16.8. The summed E-state index contributed by atoms with van der Waals surface area (Å²) >= 11 is 0. The van der Waals surface area contributed by atoms with Crippen LogP contribution in [0.2, 0.25) is 0 Å². The zero-order chi connectivity index (χ0) is 14.8. The number of anilines is 2. The number of aryl methyl sites for hydroxylation is 2. The van der Waals surface area contributed by atoms with Gasteiger partial charge in [0.05, 0.1) is 5.92 Å². The van der Waals surface area contributed by atoms with Crippen molar-refractivity contribution in [2.24, 2.45) is 5.92 Å². The zero-order valence-electron chi connectivity index (χ0n) is 12.4. The van der Waals surface area contributed by atoms with Crippen LogP contribution in [0.25, 0.3) is 0 Å². The van der Waals surface area contributed by atoms with Crippen LogP contribution in [0.1, 0.15) is 16.7 Å². The van der Waals surface area contributed by atoms with Crippen LogP contribution in [0.5, 0.6) is 0 Å². The standard InChI is InChI=1S/C18H20N2O/c1-12-7-8-16(13(2)9-12)20-18(21)15-10-14-5-3-4-6-17(14)19-11-15/h3-9,15,19H,10-11H2,1-2H3,(H,20,21). The Morgan fingerprint density at radius 1 is 1.19 bits per heavy atom. The van der Waals surface area contributed by atoms with Crippen LogP contribution in [0, 0.1) is 19.8 Å². The Hall–Kier alpha value is -2.29. The van der Waals surface area contributed by atoms with Crippen LogP contribution < -0.4 is 10.6 Å². The van der Waals surface area contributed by atoms with Crippen molar-refractivity contribution in [1.29, 1.82) is 0 Å². The topological polar surface area (TPSA) is 41.1 Å². The van der Waals surface area contributed by atoms with Crippen molar-refractivity contribution in [3.8, 4) is 0 Å². The van der Waals surface area contributed by atoms with Crippen LogP contribution >= 0.6 is 0 Å². The second kappa shape index (κ2) is 5.60. The summed E-state index contributed by atoms with van der Waals surface area (Å²) in [7, 11) is 0. The molecule has 0 aliphatic carbocycles. The van der Waals surface area contributed by atoms with Crippen LogP contribution in [-0.4, -0.2) is 12.5 Å². The lowest BCUT2D eigenvalue weighted by Gasteiger charge is -2.25. The Balaban J connectivity index is 1.72. The maximum Gasteiger partial charge on any atom is 0.229 e. The molecule has 3 heteroatoms. The summed E-state index contributed by atoms with van der Waals surface area (Å²) < 4.78 is 0. The van der Waals surface area contributed by atoms with E-state index in [1.165, 1.54) is 11.1 Å². The van der Waals surface area contributed by atoms with Crippen LogP contribution in [-0.2, 0) is 11.2 Å². The van der Waals surface area contributed by atoms with Gasteiger partial charge in [0.15, 0.2) is 0 Å². The van der Waals surface area contributed by atoms with Crippen molar-refractivity contribution >= 4 is 17.3 Å². The smallest absolute Gasteiger partial charge is 0.229 e. The Morgan fingerprint density at radius 2 is 2.00 bits per heavy atom. The molecule has 1 aliphatic heterocycles. The van der Waals surface area contributed by atoms with Crippen LogP contribution in [0.4, 0.5) is 11.4 Å². The number of carbonyl (C=O) groups excluding carboxylic acids is 1. The number of hydrogen-bond acceptors (Lipinski definition) is 2. The maximum absolute atomic E-state index is 12.5. The van der Waals surface area contributed by atoms with E-state index < -0.39 is 0 Å². The van der Waals surface area contributed by atoms with Crippen LogP contribution in [0.3, 0.4) is 0 Å². The van der Waals surface area contributed by atoms with Gasteiger partial charge in [0.2, 0.25) is 5.91 Å². The van der Waals surface area contributed by atoms with Crippen molar-refractivity contribution in [3.05, 3.63) is 59.2 Å². The molecule has 1 heterocycles. The lowest BCUT2D eigenvalue weighted by molar-refractivity contribution is -0.119. The van der Waals surface area contributed by atoms with Gasteiger partial charge in [-0.1, -0.05) is 35.9 Å². The van der Waals surface area contributed by atoms with E-state index in [4.69, 9.17) is 0 Å². The Morgan fingerprint density at radius 3 is 2.81 bits per heavy atom. The molecular formula is C18H20N2O. The first-order chi connectivity index (χ1) is 10.1. The monoisotopic (exact) mass is 280 g/mol. The number of benzene rings is 2. The molecule has 1 aliphatic rings. The van der Waals surface area contributed by atoms with Crippen molar-refractivity contribution in [1.82, 2.24) is 0 Å². The highest BCUT2D eigenvalue weighted by atomic mass is 16.1. The fraction of sp³-hybridized carbons (Fsp3) is 0.278. The number of hydrogen-bond donors (Lipinski definition) is 2. The third-order valence-corrected chi connectivity index (χ3v) is 4.03. The largest absolute Gasteiger partial charge is 0.384 e. The second-order valence-electron chi connectivity index (χ2n) is 5.75. The molecule has 0 spiro atoms. The molecule has 108 valence electrons. The minimum atomic E-state index is -0.0272. The van der Waals surface area contributed by atoms with Gasteiger partial charge in [-0.2, -0.15) is 0 Å². The summed E-state index contributed by atoms with van der Waals surface area (Å²) in [6.07, 6.45) is 0.792. The van der Waals surface area contributed by atoms with E-state index in [1.54, 1.807) is 0 Å². The van der Waals surface area contributed by atoms with Gasteiger partial charge < -0.3 is 10.6 Å². The predicted octanol–water partition coefficient (Wildman–Crippen LogP) is 3.53. The molecule has 2 N–H and O–H groups in total. The number of para-hydroxylation sites is 1. The fourth-order valence-corrected chi connectivity index (χ4v) is 2.82. The van der Waals surface area contributed by atoms with Crippen LogP contribution in [0.15, 0.2) is 42.5 Å². The molecule has 0 fully saturated rings. The van der Waals surface area contributed by atoms with Gasteiger partial charge in [0.1, 0.15) is 0 Å². The second-order valence-corrected chi connectivity index (χ2v) is 5.75.